The molecule has 25 heavy (non-hydrogen) atoms. The van der Waals surface area contributed by atoms with Gasteiger partial charge in [-0.05, 0) is 44.9 Å². The quantitative estimate of drug-likeness (QED) is 0.827. The SMILES string of the molecule is CCOC(=O)CC(C)n1nc(CC)c2c1CC1(CCOCC1)CNC2. The number of aromatic nitrogens is 2. The van der Waals surface area contributed by atoms with Gasteiger partial charge >= 0.3 is 5.97 Å². The van der Waals surface area contributed by atoms with Crippen LogP contribution in [0.2, 0.25) is 0 Å². The average molecular weight is 349 g/mol. The summed E-state index contributed by atoms with van der Waals surface area (Å²) in [7, 11) is 0. The topological polar surface area (TPSA) is 65.4 Å². The van der Waals surface area contributed by atoms with Gasteiger partial charge in [-0.2, -0.15) is 5.10 Å². The van der Waals surface area contributed by atoms with E-state index in [2.05, 4.69) is 23.8 Å². The lowest BCUT2D eigenvalue weighted by Gasteiger charge is -2.36. The van der Waals surface area contributed by atoms with Gasteiger partial charge in [-0.3, -0.25) is 9.48 Å². The number of esters is 1. The molecular formula is C19H31N3O3. The molecule has 3 heterocycles. The van der Waals surface area contributed by atoms with Crippen LogP contribution < -0.4 is 5.32 Å². The first kappa shape index (κ1) is 18.4. The molecule has 0 aromatic carbocycles. The van der Waals surface area contributed by atoms with E-state index in [4.69, 9.17) is 14.6 Å². The molecule has 0 saturated carbocycles. The summed E-state index contributed by atoms with van der Waals surface area (Å²) in [5, 5.41) is 8.53. The Labute approximate surface area is 150 Å². The summed E-state index contributed by atoms with van der Waals surface area (Å²) in [6, 6.07) is 0.0168. The van der Waals surface area contributed by atoms with Crippen LogP contribution in [0.3, 0.4) is 0 Å². The van der Waals surface area contributed by atoms with Gasteiger partial charge in [0.05, 0.1) is 24.8 Å². The van der Waals surface area contributed by atoms with Crippen molar-refractivity contribution in [1.29, 1.82) is 0 Å². The van der Waals surface area contributed by atoms with Crippen molar-refractivity contribution in [2.75, 3.05) is 26.4 Å². The summed E-state index contributed by atoms with van der Waals surface area (Å²) >= 11 is 0. The highest BCUT2D eigenvalue weighted by molar-refractivity contribution is 5.69. The molecule has 1 saturated heterocycles. The van der Waals surface area contributed by atoms with Gasteiger partial charge in [0.25, 0.3) is 0 Å². The standard InChI is InChI=1S/C19H31N3O3/c1-4-16-15-12-20-13-19(6-8-24-9-7-19)11-17(15)22(21-16)14(3)10-18(23)25-5-2/h14,20H,4-13H2,1-3H3. The molecule has 0 radical (unpaired) electrons. The fourth-order valence-electron chi connectivity index (χ4n) is 4.17. The highest BCUT2D eigenvalue weighted by Gasteiger charge is 2.37. The maximum Gasteiger partial charge on any atom is 0.307 e. The summed E-state index contributed by atoms with van der Waals surface area (Å²) in [6.07, 6.45) is 4.46. The molecule has 0 amide bonds. The predicted octanol–water partition coefficient (Wildman–Crippen LogP) is 2.40. The fourth-order valence-corrected chi connectivity index (χ4v) is 4.17. The Kier molecular flexibility index (Phi) is 5.79. The molecule has 1 N–H and O–H groups in total. The number of carbonyl (C=O) groups is 1. The minimum atomic E-state index is -0.148. The first-order valence-electron chi connectivity index (χ1n) is 9.62. The molecule has 3 rings (SSSR count). The zero-order valence-corrected chi connectivity index (χ0v) is 15.8. The molecule has 0 bridgehead atoms. The van der Waals surface area contributed by atoms with Gasteiger partial charge in [0.2, 0.25) is 0 Å². The second-order valence-electron chi connectivity index (χ2n) is 7.42. The van der Waals surface area contributed by atoms with Crippen molar-refractivity contribution in [2.24, 2.45) is 5.41 Å². The van der Waals surface area contributed by atoms with Crippen molar-refractivity contribution in [2.45, 2.75) is 65.5 Å². The van der Waals surface area contributed by atoms with Gasteiger partial charge in [-0.25, -0.2) is 0 Å². The van der Waals surface area contributed by atoms with Gasteiger partial charge in [0.1, 0.15) is 0 Å². The lowest BCUT2D eigenvalue weighted by molar-refractivity contribution is -0.144. The van der Waals surface area contributed by atoms with Crippen molar-refractivity contribution in [1.82, 2.24) is 15.1 Å². The monoisotopic (exact) mass is 349 g/mol. The van der Waals surface area contributed by atoms with Crippen LogP contribution in [0.25, 0.3) is 0 Å². The first-order chi connectivity index (χ1) is 12.1. The lowest BCUT2D eigenvalue weighted by atomic mass is 9.76. The number of hydrogen-bond donors (Lipinski definition) is 1. The molecule has 1 atom stereocenters. The number of aryl methyl sites for hydroxylation is 1. The Hall–Kier alpha value is -1.40. The van der Waals surface area contributed by atoms with Gasteiger partial charge in [-0.1, -0.05) is 6.92 Å². The van der Waals surface area contributed by atoms with Crippen molar-refractivity contribution >= 4 is 5.97 Å². The molecule has 1 spiro atoms. The minimum Gasteiger partial charge on any atom is -0.466 e. The molecule has 2 aliphatic rings. The number of nitrogens with zero attached hydrogens (tertiary/aromatic N) is 2. The second-order valence-corrected chi connectivity index (χ2v) is 7.42. The molecule has 6 nitrogen and oxygen atoms in total. The Bertz CT molecular complexity index is 605. The number of rotatable bonds is 5. The number of hydrogen-bond acceptors (Lipinski definition) is 5. The van der Waals surface area contributed by atoms with Gasteiger partial charge in [0.15, 0.2) is 0 Å². The Balaban J connectivity index is 1.89. The van der Waals surface area contributed by atoms with Crippen LogP contribution in [0.15, 0.2) is 0 Å². The third-order valence-electron chi connectivity index (χ3n) is 5.62. The van der Waals surface area contributed by atoms with Gasteiger partial charge in [0, 0.05) is 37.6 Å². The number of nitrogens with one attached hydrogen (secondary N) is 1. The van der Waals surface area contributed by atoms with Crippen LogP contribution in [0.1, 0.15) is 63.0 Å². The number of ether oxygens (including phenoxy) is 2. The second kappa shape index (κ2) is 7.87. The van der Waals surface area contributed by atoms with Gasteiger partial charge < -0.3 is 14.8 Å². The normalized spacial score (nSPS) is 20.8. The number of fused-ring (bicyclic) bond motifs is 1. The highest BCUT2D eigenvalue weighted by Crippen LogP contribution is 2.38. The van der Waals surface area contributed by atoms with E-state index >= 15 is 0 Å². The van der Waals surface area contributed by atoms with Crippen molar-refractivity contribution in [3.05, 3.63) is 17.0 Å². The molecular weight excluding hydrogens is 318 g/mol. The maximum absolute atomic E-state index is 11.9. The third kappa shape index (κ3) is 3.90. The predicted molar refractivity (Wildman–Crippen MR) is 95.5 cm³/mol. The van der Waals surface area contributed by atoms with Crippen LogP contribution >= 0.6 is 0 Å². The van der Waals surface area contributed by atoms with E-state index < -0.39 is 0 Å². The van der Waals surface area contributed by atoms with Crippen LogP contribution in [-0.4, -0.2) is 42.1 Å². The van der Waals surface area contributed by atoms with E-state index in [1.165, 1.54) is 11.3 Å². The third-order valence-corrected chi connectivity index (χ3v) is 5.62. The molecule has 1 aromatic heterocycles. The summed E-state index contributed by atoms with van der Waals surface area (Å²) in [5.74, 6) is -0.148. The van der Waals surface area contributed by atoms with Crippen molar-refractivity contribution in [3.63, 3.8) is 0 Å². The molecule has 2 aliphatic heterocycles. The molecule has 140 valence electrons. The summed E-state index contributed by atoms with van der Waals surface area (Å²) in [4.78, 5) is 11.9. The van der Waals surface area contributed by atoms with E-state index in [-0.39, 0.29) is 17.4 Å². The first-order valence-corrected chi connectivity index (χ1v) is 9.62. The smallest absolute Gasteiger partial charge is 0.307 e. The van der Waals surface area contributed by atoms with E-state index in [0.717, 1.165) is 57.7 Å². The average Bonchev–Trinajstić information content (AvgIpc) is 2.83. The van der Waals surface area contributed by atoms with Crippen molar-refractivity contribution in [3.8, 4) is 0 Å². The zero-order chi connectivity index (χ0) is 17.9. The molecule has 1 aromatic rings. The van der Waals surface area contributed by atoms with E-state index in [0.29, 0.717) is 13.0 Å². The summed E-state index contributed by atoms with van der Waals surface area (Å²) < 4.78 is 12.8. The van der Waals surface area contributed by atoms with Crippen LogP contribution in [-0.2, 0) is 33.7 Å². The fraction of sp³-hybridized carbons (Fsp3) is 0.789. The largest absolute Gasteiger partial charge is 0.466 e. The zero-order valence-electron chi connectivity index (χ0n) is 15.8. The summed E-state index contributed by atoms with van der Waals surface area (Å²) in [6.45, 7) is 10.1. The van der Waals surface area contributed by atoms with Crippen LogP contribution in [0.4, 0.5) is 0 Å². The molecule has 6 heteroatoms. The van der Waals surface area contributed by atoms with Crippen LogP contribution in [0.5, 0.6) is 0 Å². The van der Waals surface area contributed by atoms with Crippen LogP contribution in [0, 0.1) is 5.41 Å². The highest BCUT2D eigenvalue weighted by atomic mass is 16.5. The van der Waals surface area contributed by atoms with E-state index in [1.54, 1.807) is 0 Å². The Morgan fingerprint density at radius 2 is 2.16 bits per heavy atom. The van der Waals surface area contributed by atoms with E-state index in [1.807, 2.05) is 6.92 Å². The summed E-state index contributed by atoms with van der Waals surface area (Å²) in [5.41, 5.74) is 4.04. The Morgan fingerprint density at radius 1 is 1.40 bits per heavy atom. The maximum atomic E-state index is 11.9. The molecule has 0 aliphatic carbocycles. The number of carbonyl (C=O) groups excluding carboxylic acids is 1. The lowest BCUT2D eigenvalue weighted by Crippen LogP contribution is -2.39. The molecule has 1 fully saturated rings. The Morgan fingerprint density at radius 3 is 2.84 bits per heavy atom. The minimum absolute atomic E-state index is 0.0168. The van der Waals surface area contributed by atoms with Crippen molar-refractivity contribution < 1.29 is 14.3 Å². The van der Waals surface area contributed by atoms with E-state index in [9.17, 15) is 4.79 Å². The van der Waals surface area contributed by atoms with Gasteiger partial charge in [-0.15, -0.1) is 0 Å². The molecule has 1 unspecified atom stereocenters.